The van der Waals surface area contributed by atoms with Crippen LogP contribution in [-0.2, 0) is 55.7 Å². The molecule has 0 radical (unpaired) electrons. The Morgan fingerprint density at radius 2 is 1.34 bits per heavy atom. The molecule has 22 heteroatoms. The van der Waals surface area contributed by atoms with Gasteiger partial charge in [0, 0.05) is 23.4 Å². The fraction of sp³-hybridized carbons (Fsp3) is 0.820. The molecular formula is C61H106F3IO13SSi4. The lowest BCUT2D eigenvalue weighted by molar-refractivity contribution is -0.267. The number of halogens is 4. The zero-order valence-electron chi connectivity index (χ0n) is 53.8. The summed E-state index contributed by atoms with van der Waals surface area (Å²) >= 11 is 2.30. The third kappa shape index (κ3) is 18.3. The van der Waals surface area contributed by atoms with Gasteiger partial charge >= 0.3 is 21.6 Å². The van der Waals surface area contributed by atoms with Crippen LogP contribution in [-0.4, -0.2) is 137 Å². The van der Waals surface area contributed by atoms with Crippen LogP contribution in [0.2, 0.25) is 72.5 Å². The summed E-state index contributed by atoms with van der Waals surface area (Å²) < 4.78 is 133. The van der Waals surface area contributed by atoms with E-state index in [1.807, 2.05) is 24.3 Å². The standard InChI is InChI=1S/C61H106F3IO13SSi4/c1-21-83(22-2,23-3)69-38-37-46-31-34-49-52(71-46)54(77-81(17,18)58(9,10)11)55(78-82(19,20)59(12,13)14)53(73-49)50(76-80(15,16)57(6,7)8)35-32-45(72-56(66)44-27-25-24-26-28-44)29-30-48-40-60(41-65)51(70-48)36-33-47(74-60)39-42(4)43(5)75-79(67,68)61(62,63)64/h24-28,32,35,42,45-55H,5,21-23,29-31,33-34,36-41H2,1-4,6-20H3/b35-32+/t42-,45?,46-,47-,48+,49+,50?,51+,52?,53?,54+,55-,60-/m1/s1. The molecule has 0 aliphatic carbocycles. The van der Waals surface area contributed by atoms with Crippen molar-refractivity contribution in [3.8, 4) is 0 Å². The van der Waals surface area contributed by atoms with Crippen LogP contribution >= 0.6 is 22.6 Å². The summed E-state index contributed by atoms with van der Waals surface area (Å²) in [5.74, 6) is -1.70. The summed E-state index contributed by atoms with van der Waals surface area (Å²) in [6.07, 6.45) is 4.40. The first kappa shape index (κ1) is 72.7. The molecule has 5 rings (SSSR count). The van der Waals surface area contributed by atoms with Crippen LogP contribution in [0.1, 0.15) is 158 Å². The molecule has 1 aromatic rings. The summed E-state index contributed by atoms with van der Waals surface area (Å²) in [5.41, 5.74) is -5.85. The number of rotatable bonds is 27. The van der Waals surface area contributed by atoms with E-state index in [0.29, 0.717) is 48.7 Å². The molecule has 0 spiro atoms. The molecular weight excluding hydrogens is 1270 g/mol. The second-order valence-electron chi connectivity index (χ2n) is 28.7. The second-order valence-corrected chi connectivity index (χ2v) is 50.0. The minimum Gasteiger partial charge on any atom is -0.455 e. The number of hydrogen-bond donors (Lipinski definition) is 0. The molecule has 0 bridgehead atoms. The number of ether oxygens (including phenoxy) is 5. The molecule has 4 unspecified atom stereocenters. The highest BCUT2D eigenvalue weighted by atomic mass is 127. The first-order valence-corrected chi connectivity index (χ1v) is 44.8. The van der Waals surface area contributed by atoms with Gasteiger partial charge in [0.2, 0.25) is 0 Å². The number of fused-ring (bicyclic) bond motifs is 2. The summed E-state index contributed by atoms with van der Waals surface area (Å²) in [5, 5.41) is -0.501. The van der Waals surface area contributed by atoms with Gasteiger partial charge in [-0.1, -0.05) is 143 Å². The van der Waals surface area contributed by atoms with Crippen LogP contribution in [0.4, 0.5) is 13.2 Å². The molecule has 4 heterocycles. The maximum Gasteiger partial charge on any atom is 0.534 e. The first-order valence-electron chi connectivity index (χ1n) is 30.6. The van der Waals surface area contributed by atoms with Crippen molar-refractivity contribution in [3.05, 3.63) is 60.4 Å². The molecule has 4 fully saturated rings. The van der Waals surface area contributed by atoms with Gasteiger partial charge in [-0.15, -0.1) is 0 Å². The molecule has 0 amide bonds. The van der Waals surface area contributed by atoms with Gasteiger partial charge in [0.15, 0.2) is 33.3 Å². The van der Waals surface area contributed by atoms with Crippen LogP contribution < -0.4 is 0 Å². The lowest BCUT2D eigenvalue weighted by Crippen LogP contribution is -2.69. The number of allylic oxidation sites excluding steroid dienone is 1. The van der Waals surface area contributed by atoms with E-state index < -0.39 is 115 Å². The summed E-state index contributed by atoms with van der Waals surface area (Å²) in [6, 6.07) is 12.2. The molecule has 0 aromatic heterocycles. The average molecular weight is 1380 g/mol. The maximum absolute atomic E-state index is 14.2. The molecule has 0 saturated carbocycles. The third-order valence-corrected chi connectivity index (χ3v) is 40.1. The van der Waals surface area contributed by atoms with Gasteiger partial charge in [0.25, 0.3) is 0 Å². The van der Waals surface area contributed by atoms with Crippen LogP contribution in [0.3, 0.4) is 0 Å². The Kier molecular flexibility index (Phi) is 24.9. The SMILES string of the molecule is C=C(OS(=O)(=O)C(F)(F)F)[C@H](C)C[C@H]1CC[C@@H]2O[C@@H](CCC(/C=C/C(O[Si](C)(C)C(C)(C)C)C3O[C@H]4CC[C@H](CCO[Si](CC)(CC)CC)OC4[C@H](O[Si](C)(C)C(C)(C)C)[C@@H]3O[Si](C)(C)C(C)(C)C)OC(=O)c3ccccc3)C[C@]2(CI)O1. The van der Waals surface area contributed by atoms with Crippen molar-refractivity contribution in [2.45, 2.75) is 299 Å². The second kappa shape index (κ2) is 28.4. The average Bonchev–Trinajstić information content (AvgIpc) is 3.77. The van der Waals surface area contributed by atoms with E-state index in [-0.39, 0.29) is 46.0 Å². The van der Waals surface area contributed by atoms with Crippen molar-refractivity contribution >= 4 is 71.9 Å². The number of carbonyl (C=O) groups excluding carboxylic acids is 1. The topological polar surface area (TPSA) is 144 Å². The zero-order valence-corrected chi connectivity index (χ0v) is 60.8. The van der Waals surface area contributed by atoms with Gasteiger partial charge < -0.3 is 45.6 Å². The van der Waals surface area contributed by atoms with E-state index in [2.05, 4.69) is 162 Å². The highest BCUT2D eigenvalue weighted by molar-refractivity contribution is 14.1. The molecule has 13 nitrogen and oxygen atoms in total. The van der Waals surface area contributed by atoms with Crippen molar-refractivity contribution in [3.63, 3.8) is 0 Å². The van der Waals surface area contributed by atoms with Gasteiger partial charge in [-0.25, -0.2) is 4.79 Å². The minimum atomic E-state index is -5.85. The van der Waals surface area contributed by atoms with Crippen LogP contribution in [0.5, 0.6) is 0 Å². The van der Waals surface area contributed by atoms with Gasteiger partial charge in [-0.05, 0) is 142 Å². The van der Waals surface area contributed by atoms with E-state index in [1.165, 1.54) is 0 Å². The number of carbonyl (C=O) groups is 1. The molecule has 1 aromatic carbocycles. The molecule has 4 saturated heterocycles. The van der Waals surface area contributed by atoms with E-state index in [9.17, 15) is 26.4 Å². The smallest absolute Gasteiger partial charge is 0.455 e. The Bertz CT molecular complexity index is 2400. The summed E-state index contributed by atoms with van der Waals surface area (Å²) in [7, 11) is -15.4. The summed E-state index contributed by atoms with van der Waals surface area (Å²) in [6.45, 7) is 46.5. The van der Waals surface area contributed by atoms with Gasteiger partial charge in [-0.2, -0.15) is 21.6 Å². The van der Waals surface area contributed by atoms with Crippen molar-refractivity contribution in [1.82, 2.24) is 0 Å². The Labute approximate surface area is 516 Å². The largest absolute Gasteiger partial charge is 0.534 e. The van der Waals surface area contributed by atoms with Crippen molar-refractivity contribution in [2.24, 2.45) is 5.92 Å². The van der Waals surface area contributed by atoms with Crippen molar-refractivity contribution < 1.29 is 72.0 Å². The van der Waals surface area contributed by atoms with Crippen LogP contribution in [0.15, 0.2) is 54.8 Å². The molecule has 4 aliphatic rings. The van der Waals surface area contributed by atoms with Gasteiger partial charge in [0.1, 0.15) is 41.9 Å². The fourth-order valence-electron chi connectivity index (χ4n) is 10.9. The first-order chi connectivity index (χ1) is 38.1. The molecule has 13 atom stereocenters. The molecule has 478 valence electrons. The number of hydrogen-bond acceptors (Lipinski definition) is 13. The molecule has 83 heavy (non-hydrogen) atoms. The van der Waals surface area contributed by atoms with E-state index >= 15 is 0 Å². The van der Waals surface area contributed by atoms with Gasteiger partial charge in [0.05, 0.1) is 42.2 Å². The van der Waals surface area contributed by atoms with Gasteiger partial charge in [-0.3, -0.25) is 0 Å². The zero-order chi connectivity index (χ0) is 62.6. The Balaban J connectivity index is 1.53. The fourth-order valence-corrected chi connectivity index (χ4v) is 19.0. The predicted molar refractivity (Wildman–Crippen MR) is 343 cm³/mol. The summed E-state index contributed by atoms with van der Waals surface area (Å²) in [4.78, 5) is 14.2. The quantitative estimate of drug-likeness (QED) is 0.0121. The predicted octanol–water partition coefficient (Wildman–Crippen LogP) is 16.4. The third-order valence-electron chi connectivity index (χ3n) is 19.7. The molecule has 4 aliphatic heterocycles. The van der Waals surface area contributed by atoms with E-state index in [0.717, 1.165) is 37.4 Å². The van der Waals surface area contributed by atoms with Crippen LogP contribution in [0, 0.1) is 5.92 Å². The number of esters is 1. The Morgan fingerprint density at radius 3 is 1.88 bits per heavy atom. The monoisotopic (exact) mass is 1370 g/mol. The van der Waals surface area contributed by atoms with E-state index in [4.69, 9.17) is 41.4 Å². The lowest BCUT2D eigenvalue weighted by atomic mass is 9.85. The van der Waals surface area contributed by atoms with E-state index in [1.54, 1.807) is 19.1 Å². The van der Waals surface area contributed by atoms with Crippen LogP contribution in [0.25, 0.3) is 0 Å². The maximum atomic E-state index is 14.2. The Morgan fingerprint density at radius 1 is 0.771 bits per heavy atom. The number of benzene rings is 1. The molecule has 0 N–H and O–H groups in total. The number of alkyl halides is 4. The Hall–Kier alpha value is -1.01. The highest BCUT2D eigenvalue weighted by Gasteiger charge is 2.59. The van der Waals surface area contributed by atoms with Crippen molar-refractivity contribution in [1.29, 1.82) is 0 Å². The van der Waals surface area contributed by atoms with Crippen molar-refractivity contribution in [2.75, 3.05) is 11.0 Å². The highest BCUT2D eigenvalue weighted by Crippen LogP contribution is 2.49. The normalized spacial score (nSPS) is 28.3. The lowest BCUT2D eigenvalue weighted by Gasteiger charge is -2.56. The minimum absolute atomic E-state index is 0.0357.